The second-order valence-electron chi connectivity index (χ2n) is 5.56. The van der Waals surface area contributed by atoms with Crippen molar-refractivity contribution in [1.82, 2.24) is 0 Å². The molecular weight excluding hydrogens is 236 g/mol. The molecule has 115 valence electrons. The van der Waals surface area contributed by atoms with Gasteiger partial charge in [-0.05, 0) is 19.3 Å². The Morgan fingerprint density at radius 1 is 0.579 bits per heavy atom. The van der Waals surface area contributed by atoms with E-state index in [9.17, 15) is 5.11 Å². The lowest BCUT2D eigenvalue weighted by molar-refractivity contribution is 0.125. The van der Waals surface area contributed by atoms with Crippen molar-refractivity contribution >= 4 is 0 Å². The summed E-state index contributed by atoms with van der Waals surface area (Å²) in [5.74, 6) is 0. The molecule has 2 heteroatoms. The van der Waals surface area contributed by atoms with Gasteiger partial charge in [0.05, 0.1) is 6.61 Å². The fourth-order valence-corrected chi connectivity index (χ4v) is 2.28. The van der Waals surface area contributed by atoms with E-state index in [1.165, 1.54) is 64.2 Å². The van der Waals surface area contributed by atoms with E-state index < -0.39 is 0 Å². The highest BCUT2D eigenvalue weighted by atomic mass is 16.5. The zero-order chi connectivity index (χ0) is 14.0. The van der Waals surface area contributed by atoms with Crippen LogP contribution in [0.1, 0.15) is 90.4 Å². The first-order valence-corrected chi connectivity index (χ1v) is 8.57. The molecule has 0 amide bonds. The van der Waals surface area contributed by atoms with E-state index in [0.717, 1.165) is 32.5 Å². The highest BCUT2D eigenvalue weighted by molar-refractivity contribution is 4.47. The van der Waals surface area contributed by atoms with Gasteiger partial charge >= 0.3 is 0 Å². The van der Waals surface area contributed by atoms with Crippen LogP contribution >= 0.6 is 0 Å². The van der Waals surface area contributed by atoms with Gasteiger partial charge in [0.2, 0.25) is 0 Å². The van der Waals surface area contributed by atoms with Crippen LogP contribution in [-0.4, -0.2) is 19.8 Å². The lowest BCUT2D eigenvalue weighted by Crippen LogP contribution is -1.97. The molecule has 0 aromatic heterocycles. The van der Waals surface area contributed by atoms with Gasteiger partial charge in [-0.2, -0.15) is 0 Å². The van der Waals surface area contributed by atoms with E-state index in [1.807, 2.05) is 0 Å². The zero-order valence-electron chi connectivity index (χ0n) is 13.1. The molecule has 1 radical (unpaired) electrons. The molecular formula is C17H35O2. The van der Waals surface area contributed by atoms with E-state index >= 15 is 0 Å². The third-order valence-electron chi connectivity index (χ3n) is 3.58. The topological polar surface area (TPSA) is 29.1 Å². The summed E-state index contributed by atoms with van der Waals surface area (Å²) in [6.07, 6.45) is 16.4. The number of ether oxygens (including phenoxy) is 1. The molecule has 0 aromatic carbocycles. The number of hydrogen-bond donors (Lipinski definition) is 0. The summed E-state index contributed by atoms with van der Waals surface area (Å²) in [5.41, 5.74) is 0. The van der Waals surface area contributed by atoms with Crippen LogP contribution in [0.4, 0.5) is 0 Å². The van der Waals surface area contributed by atoms with E-state index in [1.54, 1.807) is 0 Å². The third kappa shape index (κ3) is 17.9. The monoisotopic (exact) mass is 271 g/mol. The highest BCUT2D eigenvalue weighted by Gasteiger charge is 1.93. The van der Waals surface area contributed by atoms with Gasteiger partial charge in [0.1, 0.15) is 0 Å². The van der Waals surface area contributed by atoms with Crippen LogP contribution in [0.2, 0.25) is 0 Å². The fourth-order valence-electron chi connectivity index (χ4n) is 2.28. The lowest BCUT2D eigenvalue weighted by Gasteiger charge is -2.04. The summed E-state index contributed by atoms with van der Waals surface area (Å²) in [7, 11) is 0. The Balaban J connectivity index is 2.88. The van der Waals surface area contributed by atoms with Gasteiger partial charge in [-0.15, -0.1) is 0 Å². The molecule has 0 aromatic rings. The first kappa shape index (κ1) is 18.9. The SMILES string of the molecule is CCCCCCCCCCOCCCCCCC[O]. The van der Waals surface area contributed by atoms with Crippen LogP contribution in [-0.2, 0) is 9.84 Å². The fraction of sp³-hybridized carbons (Fsp3) is 1.00. The summed E-state index contributed by atoms with van der Waals surface area (Å²) < 4.78 is 5.62. The van der Waals surface area contributed by atoms with Gasteiger partial charge < -0.3 is 4.74 Å². The maximum atomic E-state index is 10.2. The van der Waals surface area contributed by atoms with Gasteiger partial charge in [0, 0.05) is 13.2 Å². The van der Waals surface area contributed by atoms with Crippen LogP contribution in [0.5, 0.6) is 0 Å². The molecule has 0 fully saturated rings. The smallest absolute Gasteiger partial charge is 0.0822 e. The molecule has 0 aliphatic heterocycles. The van der Waals surface area contributed by atoms with E-state index in [-0.39, 0.29) is 6.61 Å². The molecule has 0 aliphatic carbocycles. The minimum Gasteiger partial charge on any atom is -0.381 e. The molecule has 0 atom stereocenters. The number of unbranched alkanes of at least 4 members (excludes halogenated alkanes) is 11. The van der Waals surface area contributed by atoms with Crippen molar-refractivity contribution < 1.29 is 9.84 Å². The average Bonchev–Trinajstić information content (AvgIpc) is 2.43. The van der Waals surface area contributed by atoms with Crippen molar-refractivity contribution in [3.63, 3.8) is 0 Å². The van der Waals surface area contributed by atoms with Crippen LogP contribution in [0.15, 0.2) is 0 Å². The van der Waals surface area contributed by atoms with Crippen molar-refractivity contribution in [2.24, 2.45) is 0 Å². The lowest BCUT2D eigenvalue weighted by atomic mass is 10.1. The van der Waals surface area contributed by atoms with Crippen molar-refractivity contribution in [3.8, 4) is 0 Å². The minimum absolute atomic E-state index is 0.0922. The third-order valence-corrected chi connectivity index (χ3v) is 3.58. The number of rotatable bonds is 16. The molecule has 0 bridgehead atoms. The molecule has 0 aliphatic rings. The van der Waals surface area contributed by atoms with Crippen molar-refractivity contribution in [2.75, 3.05) is 19.8 Å². The van der Waals surface area contributed by atoms with Gasteiger partial charge in [-0.3, -0.25) is 0 Å². The Morgan fingerprint density at radius 3 is 1.47 bits per heavy atom. The maximum absolute atomic E-state index is 10.2. The summed E-state index contributed by atoms with van der Waals surface area (Å²) in [5, 5.41) is 10.2. The molecule has 0 heterocycles. The molecule has 0 unspecified atom stereocenters. The van der Waals surface area contributed by atoms with E-state index in [0.29, 0.717) is 0 Å². The second-order valence-corrected chi connectivity index (χ2v) is 5.56. The Labute approximate surface area is 120 Å². The van der Waals surface area contributed by atoms with Crippen molar-refractivity contribution in [1.29, 1.82) is 0 Å². The predicted molar refractivity (Wildman–Crippen MR) is 82.1 cm³/mol. The Kier molecular flexibility index (Phi) is 17.8. The first-order valence-electron chi connectivity index (χ1n) is 8.57. The quantitative estimate of drug-likeness (QED) is 0.340. The normalized spacial score (nSPS) is 11.1. The molecule has 2 nitrogen and oxygen atoms in total. The Morgan fingerprint density at radius 2 is 1.00 bits per heavy atom. The van der Waals surface area contributed by atoms with Crippen LogP contribution in [0.25, 0.3) is 0 Å². The van der Waals surface area contributed by atoms with Gasteiger partial charge in [0.15, 0.2) is 0 Å². The largest absolute Gasteiger partial charge is 0.381 e. The molecule has 19 heavy (non-hydrogen) atoms. The molecule has 0 saturated carbocycles. The summed E-state index contributed by atoms with van der Waals surface area (Å²) in [6.45, 7) is 4.21. The van der Waals surface area contributed by atoms with Gasteiger partial charge in [0.25, 0.3) is 0 Å². The number of hydrogen-bond acceptors (Lipinski definition) is 1. The zero-order valence-corrected chi connectivity index (χ0v) is 13.1. The Bertz CT molecular complexity index is 132. The summed E-state index contributed by atoms with van der Waals surface area (Å²) >= 11 is 0. The average molecular weight is 271 g/mol. The van der Waals surface area contributed by atoms with Crippen molar-refractivity contribution in [3.05, 3.63) is 0 Å². The molecule has 0 spiro atoms. The first-order chi connectivity index (χ1) is 9.41. The molecule has 0 saturated heterocycles. The summed E-state index contributed by atoms with van der Waals surface area (Å²) in [6, 6.07) is 0. The van der Waals surface area contributed by atoms with E-state index in [2.05, 4.69) is 6.92 Å². The minimum atomic E-state index is 0.0922. The standard InChI is InChI=1S/C17H35O2/c1-2-3-4-5-6-7-10-13-16-19-17-14-11-8-9-12-15-18/h2-17H2,1H3. The molecule has 0 rings (SSSR count). The van der Waals surface area contributed by atoms with Crippen LogP contribution in [0.3, 0.4) is 0 Å². The van der Waals surface area contributed by atoms with E-state index in [4.69, 9.17) is 4.74 Å². The second kappa shape index (κ2) is 17.9. The maximum Gasteiger partial charge on any atom is 0.0822 e. The highest BCUT2D eigenvalue weighted by Crippen LogP contribution is 2.08. The Hall–Kier alpha value is -0.0800. The van der Waals surface area contributed by atoms with Crippen molar-refractivity contribution in [2.45, 2.75) is 90.4 Å². The van der Waals surface area contributed by atoms with Gasteiger partial charge in [-0.1, -0.05) is 71.1 Å². The molecule has 0 N–H and O–H groups in total. The van der Waals surface area contributed by atoms with Crippen LogP contribution in [0, 0.1) is 0 Å². The van der Waals surface area contributed by atoms with Crippen LogP contribution < -0.4 is 0 Å². The summed E-state index contributed by atoms with van der Waals surface area (Å²) in [4.78, 5) is 0. The van der Waals surface area contributed by atoms with Gasteiger partial charge in [-0.25, -0.2) is 5.11 Å². The predicted octanol–water partition coefficient (Wildman–Crippen LogP) is 5.52.